The largest absolute Gasteiger partial charge is 0.505 e. The van der Waals surface area contributed by atoms with E-state index in [0.717, 1.165) is 4.31 Å². The summed E-state index contributed by atoms with van der Waals surface area (Å²) in [4.78, 5) is 14.1. The number of benzene rings is 2. The van der Waals surface area contributed by atoms with Gasteiger partial charge in [0.15, 0.2) is 11.5 Å². The van der Waals surface area contributed by atoms with Crippen molar-refractivity contribution in [1.82, 2.24) is 4.31 Å². The van der Waals surface area contributed by atoms with Crippen molar-refractivity contribution in [2.45, 2.75) is 4.90 Å². The van der Waals surface area contributed by atoms with Crippen LogP contribution in [0.1, 0.15) is 5.56 Å². The minimum Gasteiger partial charge on any atom is -0.505 e. The first-order valence-electron chi connectivity index (χ1n) is 7.20. The second-order valence-electron chi connectivity index (χ2n) is 5.37. The zero-order valence-electron chi connectivity index (χ0n) is 13.2. The molecule has 0 aromatic heterocycles. The Balaban J connectivity index is 2.15. The first kappa shape index (κ1) is 16.1. The first-order valence-corrected chi connectivity index (χ1v) is 8.64. The number of para-hydroxylation sites is 1. The van der Waals surface area contributed by atoms with E-state index in [1.807, 2.05) is 6.07 Å². The molecule has 0 saturated heterocycles. The third-order valence-electron chi connectivity index (χ3n) is 3.97. The lowest BCUT2D eigenvalue weighted by Gasteiger charge is -2.30. The molecule has 0 radical (unpaired) electrons. The summed E-state index contributed by atoms with van der Waals surface area (Å²) < 4.78 is 26.1. The van der Waals surface area contributed by atoms with Gasteiger partial charge in [0.05, 0.1) is 4.90 Å². The summed E-state index contributed by atoms with van der Waals surface area (Å²) in [7, 11) is -1.11. The molecule has 1 aliphatic heterocycles. The quantitative estimate of drug-likeness (QED) is 0.906. The van der Waals surface area contributed by atoms with E-state index in [9.17, 15) is 18.3 Å². The van der Waals surface area contributed by atoms with Gasteiger partial charge in [-0.1, -0.05) is 30.3 Å². The Kier molecular flexibility index (Phi) is 3.81. The summed E-state index contributed by atoms with van der Waals surface area (Å²) in [5, 5.41) is 10.5. The van der Waals surface area contributed by atoms with Gasteiger partial charge in [-0.05, 0) is 24.3 Å². The van der Waals surface area contributed by atoms with Crippen LogP contribution < -0.4 is 4.90 Å². The van der Waals surface area contributed by atoms with E-state index in [-0.39, 0.29) is 21.9 Å². The van der Waals surface area contributed by atoms with Gasteiger partial charge in [0.1, 0.15) is 0 Å². The van der Waals surface area contributed by atoms with Crippen LogP contribution >= 0.6 is 0 Å². The molecule has 0 atom stereocenters. The van der Waals surface area contributed by atoms with Crippen LogP contribution in [0.15, 0.2) is 65.2 Å². The number of anilines is 1. The van der Waals surface area contributed by atoms with Crippen molar-refractivity contribution < 1.29 is 18.3 Å². The van der Waals surface area contributed by atoms with Gasteiger partial charge in [0.25, 0.3) is 15.9 Å². The van der Waals surface area contributed by atoms with Gasteiger partial charge in [0, 0.05) is 25.3 Å². The van der Waals surface area contributed by atoms with Gasteiger partial charge in [-0.2, -0.15) is 0 Å². The van der Waals surface area contributed by atoms with Crippen LogP contribution in [-0.2, 0) is 14.8 Å². The fourth-order valence-electron chi connectivity index (χ4n) is 2.60. The average Bonchev–Trinajstić information content (AvgIpc) is 2.60. The van der Waals surface area contributed by atoms with Crippen molar-refractivity contribution in [2.75, 3.05) is 19.0 Å². The third-order valence-corrected chi connectivity index (χ3v) is 5.79. The molecule has 2 aromatic carbocycles. The normalized spacial score (nSPS) is 15.8. The molecule has 0 fully saturated rings. The van der Waals surface area contributed by atoms with Gasteiger partial charge >= 0.3 is 0 Å². The molecule has 6 nitrogen and oxygen atoms in total. The van der Waals surface area contributed by atoms with Gasteiger partial charge in [-0.25, -0.2) is 8.42 Å². The molecule has 1 heterocycles. The van der Waals surface area contributed by atoms with Gasteiger partial charge < -0.3 is 10.0 Å². The van der Waals surface area contributed by atoms with E-state index >= 15 is 0 Å². The van der Waals surface area contributed by atoms with E-state index < -0.39 is 15.9 Å². The highest BCUT2D eigenvalue weighted by Crippen LogP contribution is 2.35. The second-order valence-corrected chi connectivity index (χ2v) is 7.30. The maximum absolute atomic E-state index is 12.8. The number of rotatable bonds is 2. The molecule has 7 heteroatoms. The van der Waals surface area contributed by atoms with E-state index in [1.54, 1.807) is 36.4 Å². The van der Waals surface area contributed by atoms with Crippen molar-refractivity contribution in [2.24, 2.45) is 0 Å². The maximum Gasteiger partial charge on any atom is 0.279 e. The van der Waals surface area contributed by atoms with Crippen molar-refractivity contribution in [3.8, 4) is 0 Å². The Morgan fingerprint density at radius 2 is 1.62 bits per heavy atom. The zero-order chi connectivity index (χ0) is 17.5. The highest BCUT2D eigenvalue weighted by Gasteiger charge is 2.38. The predicted octanol–water partition coefficient (Wildman–Crippen LogP) is 2.21. The molecule has 0 saturated carbocycles. The maximum atomic E-state index is 12.8. The first-order chi connectivity index (χ1) is 11.4. The monoisotopic (exact) mass is 344 g/mol. The molecule has 0 bridgehead atoms. The number of sulfonamides is 1. The number of hydrogen-bond donors (Lipinski definition) is 1. The fraction of sp³-hybridized carbons (Fsp3) is 0.118. The Labute approximate surface area is 140 Å². The molecule has 0 unspecified atom stereocenters. The summed E-state index contributed by atoms with van der Waals surface area (Å²) in [6.45, 7) is 0. The molecule has 1 amide bonds. The SMILES string of the molecule is CN(C(=O)C1=C(O)c2ccccc2S(=O)(=O)N1C)c1ccccc1. The number of carbonyl (C=O) groups is 1. The lowest BCUT2D eigenvalue weighted by Crippen LogP contribution is -2.40. The standard InChI is InChI=1S/C17H16N2O4S/c1-18(12-8-4-3-5-9-12)17(21)15-16(20)13-10-6-7-11-14(13)24(22,23)19(15)2/h3-11,20H,1-2H3. The van der Waals surface area contributed by atoms with Crippen LogP contribution in [0.3, 0.4) is 0 Å². The number of aliphatic hydroxyl groups is 1. The molecule has 24 heavy (non-hydrogen) atoms. The third kappa shape index (κ3) is 2.33. The van der Waals surface area contributed by atoms with Crippen molar-refractivity contribution in [3.63, 3.8) is 0 Å². The van der Waals surface area contributed by atoms with Crippen LogP contribution in [0.5, 0.6) is 0 Å². The molecule has 3 rings (SSSR count). The summed E-state index contributed by atoms with van der Waals surface area (Å²) in [6.07, 6.45) is 0. The number of nitrogens with zero attached hydrogens (tertiary/aromatic N) is 2. The Morgan fingerprint density at radius 1 is 1.04 bits per heavy atom. The molecular formula is C17H16N2O4S. The zero-order valence-corrected chi connectivity index (χ0v) is 14.0. The summed E-state index contributed by atoms with van der Waals surface area (Å²) in [5.74, 6) is -0.963. The number of aliphatic hydroxyl groups excluding tert-OH is 1. The van der Waals surface area contributed by atoms with Crippen LogP contribution in [0, 0.1) is 0 Å². The van der Waals surface area contributed by atoms with Gasteiger partial charge in [0.2, 0.25) is 0 Å². The highest BCUT2D eigenvalue weighted by molar-refractivity contribution is 7.89. The minimum absolute atomic E-state index is 0.0242. The number of fused-ring (bicyclic) bond motifs is 1. The summed E-state index contributed by atoms with van der Waals surface area (Å²) >= 11 is 0. The van der Waals surface area contributed by atoms with E-state index in [1.165, 1.54) is 31.1 Å². The van der Waals surface area contributed by atoms with Gasteiger partial charge in [-0.3, -0.25) is 9.10 Å². The smallest absolute Gasteiger partial charge is 0.279 e. The highest BCUT2D eigenvalue weighted by atomic mass is 32.2. The summed E-state index contributed by atoms with van der Waals surface area (Å²) in [6, 6.07) is 14.9. The number of likely N-dealkylation sites (N-methyl/N-ethyl adjacent to an activating group) is 2. The molecule has 0 spiro atoms. The molecule has 2 aromatic rings. The van der Waals surface area contributed by atoms with Crippen molar-refractivity contribution in [1.29, 1.82) is 0 Å². The van der Waals surface area contributed by atoms with Crippen LogP contribution in [0.4, 0.5) is 5.69 Å². The Hall–Kier alpha value is -2.80. The van der Waals surface area contributed by atoms with Crippen LogP contribution in [0.2, 0.25) is 0 Å². The predicted molar refractivity (Wildman–Crippen MR) is 90.8 cm³/mol. The number of amides is 1. The second kappa shape index (κ2) is 5.68. The molecule has 1 aliphatic rings. The lowest BCUT2D eigenvalue weighted by atomic mass is 10.1. The van der Waals surface area contributed by atoms with Crippen LogP contribution in [-0.4, -0.2) is 37.8 Å². The molecule has 0 aliphatic carbocycles. The van der Waals surface area contributed by atoms with Gasteiger partial charge in [-0.15, -0.1) is 0 Å². The van der Waals surface area contributed by atoms with Crippen molar-refractivity contribution in [3.05, 3.63) is 65.9 Å². The molecule has 1 N–H and O–H groups in total. The van der Waals surface area contributed by atoms with E-state index in [4.69, 9.17) is 0 Å². The van der Waals surface area contributed by atoms with Crippen molar-refractivity contribution >= 4 is 27.4 Å². The minimum atomic E-state index is -3.90. The Bertz CT molecular complexity index is 936. The lowest BCUT2D eigenvalue weighted by molar-refractivity contribution is -0.115. The average molecular weight is 344 g/mol. The topological polar surface area (TPSA) is 77.9 Å². The number of hydrogen-bond acceptors (Lipinski definition) is 4. The molecule has 124 valence electrons. The van der Waals surface area contributed by atoms with E-state index in [0.29, 0.717) is 5.69 Å². The van der Waals surface area contributed by atoms with Crippen LogP contribution in [0.25, 0.3) is 5.76 Å². The Morgan fingerprint density at radius 3 is 2.29 bits per heavy atom. The molecular weight excluding hydrogens is 328 g/mol. The number of carbonyl (C=O) groups excluding carboxylic acids is 1. The summed E-state index contributed by atoms with van der Waals surface area (Å²) in [5.41, 5.74) is 0.438. The van der Waals surface area contributed by atoms with E-state index in [2.05, 4.69) is 0 Å². The fourth-order valence-corrected chi connectivity index (χ4v) is 3.99.